The van der Waals surface area contributed by atoms with Crippen LogP contribution < -0.4 is 10.5 Å². The van der Waals surface area contributed by atoms with Crippen molar-refractivity contribution in [2.75, 3.05) is 18.8 Å². The van der Waals surface area contributed by atoms with E-state index >= 15 is 0 Å². The fourth-order valence-corrected chi connectivity index (χ4v) is 6.65. The van der Waals surface area contributed by atoms with Gasteiger partial charge in [0.05, 0.1) is 16.3 Å². The highest BCUT2D eigenvalue weighted by molar-refractivity contribution is 7.89. The van der Waals surface area contributed by atoms with Crippen LogP contribution in [0.1, 0.15) is 24.4 Å². The second kappa shape index (κ2) is 10.8. The number of rotatable bonds is 7. The van der Waals surface area contributed by atoms with Crippen LogP contribution in [0.25, 0.3) is 33.1 Å². The van der Waals surface area contributed by atoms with Crippen molar-refractivity contribution in [3.63, 3.8) is 0 Å². The van der Waals surface area contributed by atoms with Crippen LogP contribution >= 0.6 is 0 Å². The van der Waals surface area contributed by atoms with Crippen molar-refractivity contribution in [2.24, 2.45) is 0 Å². The number of benzene rings is 3. The summed E-state index contributed by atoms with van der Waals surface area (Å²) in [6.07, 6.45) is 4.43. The zero-order chi connectivity index (χ0) is 28.6. The van der Waals surface area contributed by atoms with E-state index in [9.17, 15) is 13.2 Å². The standard InChI is InChI=1S/C30H29N7O3S/c1-2-26(38)36-16-6-9-23(18-36)37-30-27(29(31)32-19-33-30)28(35-37)22-14-12-20(13-15-22)17-34-41(39,40)25-11-5-8-21-7-3-4-10-24(21)25/h2-5,7-8,10-15,19,23,34H,1,6,9,16-18H2,(H2,31,32,33). The fourth-order valence-electron chi connectivity index (χ4n) is 5.40. The number of carbonyl (C=O) groups is 1. The third-order valence-corrected chi connectivity index (χ3v) is 8.94. The van der Waals surface area contributed by atoms with Gasteiger partial charge in [0.1, 0.15) is 17.8 Å². The lowest BCUT2D eigenvalue weighted by molar-refractivity contribution is -0.127. The lowest BCUT2D eigenvalue weighted by atomic mass is 10.1. The number of nitrogens with one attached hydrogen (secondary N) is 1. The van der Waals surface area contributed by atoms with E-state index in [1.807, 2.05) is 53.2 Å². The average Bonchev–Trinajstić information content (AvgIpc) is 3.41. The van der Waals surface area contributed by atoms with Crippen molar-refractivity contribution in [3.05, 3.63) is 91.3 Å². The smallest absolute Gasteiger partial charge is 0.246 e. The maximum absolute atomic E-state index is 13.1. The number of piperidine rings is 1. The van der Waals surface area contributed by atoms with Gasteiger partial charge < -0.3 is 10.6 Å². The molecule has 1 saturated heterocycles. The van der Waals surface area contributed by atoms with Crippen LogP contribution in [0.5, 0.6) is 0 Å². The summed E-state index contributed by atoms with van der Waals surface area (Å²) in [6, 6.07) is 20.1. The van der Waals surface area contributed by atoms with Crippen LogP contribution in [0.15, 0.2) is 90.6 Å². The van der Waals surface area contributed by atoms with E-state index < -0.39 is 10.0 Å². The Balaban J connectivity index is 1.26. The normalized spacial score (nSPS) is 15.8. The van der Waals surface area contributed by atoms with E-state index in [0.29, 0.717) is 41.0 Å². The third-order valence-electron chi connectivity index (χ3n) is 7.48. The fraction of sp³-hybridized carbons (Fsp3) is 0.200. The van der Waals surface area contributed by atoms with Crippen molar-refractivity contribution in [1.29, 1.82) is 0 Å². The van der Waals surface area contributed by atoms with Gasteiger partial charge in [-0.25, -0.2) is 27.8 Å². The van der Waals surface area contributed by atoms with Crippen LogP contribution in [0.4, 0.5) is 5.82 Å². The maximum atomic E-state index is 13.1. The largest absolute Gasteiger partial charge is 0.383 e. The number of aromatic nitrogens is 4. The summed E-state index contributed by atoms with van der Waals surface area (Å²) >= 11 is 0. The highest BCUT2D eigenvalue weighted by atomic mass is 32.2. The first-order chi connectivity index (χ1) is 19.9. The van der Waals surface area contributed by atoms with Crippen molar-refractivity contribution in [2.45, 2.75) is 30.3 Å². The minimum absolute atomic E-state index is 0.0686. The quantitative estimate of drug-likeness (QED) is 0.283. The molecule has 1 aliphatic rings. The van der Waals surface area contributed by atoms with Gasteiger partial charge >= 0.3 is 0 Å². The number of nitrogens with zero attached hydrogens (tertiary/aromatic N) is 5. The Morgan fingerprint density at radius 3 is 2.66 bits per heavy atom. The molecule has 208 valence electrons. The number of likely N-dealkylation sites (tertiary alicyclic amines) is 1. The molecule has 3 N–H and O–H groups in total. The molecule has 3 heterocycles. The highest BCUT2D eigenvalue weighted by Gasteiger charge is 2.28. The summed E-state index contributed by atoms with van der Waals surface area (Å²) in [7, 11) is -3.74. The first-order valence-electron chi connectivity index (χ1n) is 13.3. The number of amides is 1. The number of sulfonamides is 1. The Morgan fingerprint density at radius 1 is 1.07 bits per heavy atom. The molecule has 6 rings (SSSR count). The average molecular weight is 568 g/mol. The number of carbonyl (C=O) groups excluding carboxylic acids is 1. The highest BCUT2D eigenvalue weighted by Crippen LogP contribution is 2.34. The number of hydrogen-bond donors (Lipinski definition) is 2. The lowest BCUT2D eigenvalue weighted by Crippen LogP contribution is -2.40. The van der Waals surface area contributed by atoms with Crippen LogP contribution in [-0.2, 0) is 21.4 Å². The number of hydrogen-bond acceptors (Lipinski definition) is 7. The minimum Gasteiger partial charge on any atom is -0.383 e. The number of nitrogens with two attached hydrogens (primary N) is 1. The van der Waals surface area contributed by atoms with Crippen LogP contribution in [-0.4, -0.2) is 52.1 Å². The SMILES string of the molecule is C=CC(=O)N1CCCC(n2nc(-c3ccc(CNS(=O)(=O)c4cccc5ccccc45)cc3)c3c(N)ncnc32)C1. The summed E-state index contributed by atoms with van der Waals surface area (Å²) in [6.45, 7) is 4.92. The Kier molecular flexibility index (Phi) is 6.98. The zero-order valence-electron chi connectivity index (χ0n) is 22.3. The molecular weight excluding hydrogens is 538 g/mol. The van der Waals surface area contributed by atoms with Gasteiger partial charge in [0.2, 0.25) is 15.9 Å². The first kappa shape index (κ1) is 26.6. The summed E-state index contributed by atoms with van der Waals surface area (Å²) in [5.74, 6) is 0.213. The van der Waals surface area contributed by atoms with Gasteiger partial charge in [0.15, 0.2) is 5.65 Å². The predicted molar refractivity (Wildman–Crippen MR) is 158 cm³/mol. The summed E-state index contributed by atoms with van der Waals surface area (Å²) < 4.78 is 30.9. The molecule has 0 spiro atoms. The molecule has 11 heteroatoms. The molecule has 5 aromatic rings. The van der Waals surface area contributed by atoms with Crippen molar-refractivity contribution in [3.8, 4) is 11.3 Å². The molecule has 1 atom stereocenters. The Morgan fingerprint density at radius 2 is 1.85 bits per heavy atom. The van der Waals surface area contributed by atoms with Crippen molar-refractivity contribution < 1.29 is 13.2 Å². The number of nitrogen functional groups attached to an aromatic ring is 1. The molecule has 3 aromatic carbocycles. The number of anilines is 1. The molecule has 0 saturated carbocycles. The molecule has 41 heavy (non-hydrogen) atoms. The van der Waals surface area contributed by atoms with E-state index in [4.69, 9.17) is 10.8 Å². The van der Waals surface area contributed by atoms with Crippen LogP contribution in [0.2, 0.25) is 0 Å². The Labute approximate surface area is 237 Å². The first-order valence-corrected chi connectivity index (χ1v) is 14.8. The van der Waals surface area contributed by atoms with E-state index in [-0.39, 0.29) is 23.4 Å². The second-order valence-electron chi connectivity index (χ2n) is 10.0. The second-order valence-corrected chi connectivity index (χ2v) is 11.8. The molecule has 0 aliphatic carbocycles. The van der Waals surface area contributed by atoms with Gasteiger partial charge in [-0.05, 0) is 35.9 Å². The molecule has 10 nitrogen and oxygen atoms in total. The lowest BCUT2D eigenvalue weighted by Gasteiger charge is -2.32. The Bertz CT molecular complexity index is 1880. The predicted octanol–water partition coefficient (Wildman–Crippen LogP) is 4.06. The van der Waals surface area contributed by atoms with Crippen molar-refractivity contribution in [1.82, 2.24) is 29.4 Å². The van der Waals surface area contributed by atoms with Gasteiger partial charge in [-0.1, -0.05) is 67.2 Å². The van der Waals surface area contributed by atoms with Gasteiger partial charge in [0.25, 0.3) is 0 Å². The Hall–Kier alpha value is -4.61. The topological polar surface area (TPSA) is 136 Å². The monoisotopic (exact) mass is 567 g/mol. The summed E-state index contributed by atoms with van der Waals surface area (Å²) in [5.41, 5.74) is 9.12. The molecule has 1 fully saturated rings. The van der Waals surface area contributed by atoms with Gasteiger partial charge in [-0.2, -0.15) is 5.10 Å². The van der Waals surface area contributed by atoms with E-state index in [1.165, 1.54) is 12.4 Å². The van der Waals surface area contributed by atoms with Gasteiger partial charge in [0, 0.05) is 30.6 Å². The number of fused-ring (bicyclic) bond motifs is 2. The zero-order valence-corrected chi connectivity index (χ0v) is 23.1. The minimum atomic E-state index is -3.74. The van der Waals surface area contributed by atoms with E-state index in [2.05, 4.69) is 21.3 Å². The summed E-state index contributed by atoms with van der Waals surface area (Å²) in [5, 5.41) is 7.09. The van der Waals surface area contributed by atoms with E-state index in [0.717, 1.165) is 29.4 Å². The van der Waals surface area contributed by atoms with Crippen LogP contribution in [0, 0.1) is 0 Å². The molecule has 0 radical (unpaired) electrons. The molecular formula is C30H29N7O3S. The third kappa shape index (κ3) is 5.05. The van der Waals surface area contributed by atoms with E-state index in [1.54, 1.807) is 23.1 Å². The molecule has 2 aromatic heterocycles. The molecule has 1 aliphatic heterocycles. The molecule has 0 bridgehead atoms. The molecule has 1 unspecified atom stereocenters. The van der Waals surface area contributed by atoms with Gasteiger partial charge in [-0.15, -0.1) is 0 Å². The molecule has 1 amide bonds. The maximum Gasteiger partial charge on any atom is 0.246 e. The van der Waals surface area contributed by atoms with Crippen LogP contribution in [0.3, 0.4) is 0 Å². The van der Waals surface area contributed by atoms with Gasteiger partial charge in [-0.3, -0.25) is 4.79 Å². The van der Waals surface area contributed by atoms with Crippen molar-refractivity contribution >= 4 is 43.6 Å². The summed E-state index contributed by atoms with van der Waals surface area (Å²) in [4.78, 5) is 23.0.